The molecule has 0 saturated heterocycles. The van der Waals surface area contributed by atoms with Gasteiger partial charge in [-0.3, -0.25) is 9.79 Å². The zero-order chi connectivity index (χ0) is 18.8. The van der Waals surface area contributed by atoms with E-state index in [1.807, 2.05) is 12.1 Å². The summed E-state index contributed by atoms with van der Waals surface area (Å²) < 4.78 is 13.9. The Balaban J connectivity index is 0.00000225. The Hall–Kier alpha value is -1.38. The van der Waals surface area contributed by atoms with E-state index in [9.17, 15) is 9.18 Å². The number of rotatable bonds is 5. The van der Waals surface area contributed by atoms with E-state index in [0.717, 1.165) is 56.5 Å². The maximum atomic E-state index is 13.9. The first-order valence-corrected chi connectivity index (χ1v) is 10.2. The van der Waals surface area contributed by atoms with Crippen LogP contribution in [0.5, 0.6) is 0 Å². The highest BCUT2D eigenvalue weighted by atomic mass is 127. The molecule has 1 aromatic rings. The third-order valence-electron chi connectivity index (χ3n) is 5.95. The molecule has 0 bridgehead atoms. The minimum absolute atomic E-state index is 0. The molecule has 154 valence electrons. The van der Waals surface area contributed by atoms with Gasteiger partial charge in [-0.15, -0.1) is 24.0 Å². The van der Waals surface area contributed by atoms with Crippen molar-refractivity contribution < 1.29 is 9.18 Å². The molecule has 4 unspecified atom stereocenters. The number of guanidine groups is 1. The topological polar surface area (TPSA) is 65.5 Å². The van der Waals surface area contributed by atoms with Crippen LogP contribution in [0, 0.1) is 11.7 Å². The number of carbonyl (C=O) groups excluding carboxylic acids is 1. The van der Waals surface area contributed by atoms with Crippen LogP contribution >= 0.6 is 24.0 Å². The van der Waals surface area contributed by atoms with Crippen LogP contribution in [0.4, 0.5) is 4.39 Å². The molecule has 4 atom stereocenters. The summed E-state index contributed by atoms with van der Waals surface area (Å²) in [5.41, 5.74) is 0.778. The van der Waals surface area contributed by atoms with Gasteiger partial charge in [0, 0.05) is 37.0 Å². The molecule has 0 heterocycles. The highest BCUT2D eigenvalue weighted by Gasteiger charge is 2.41. The van der Waals surface area contributed by atoms with E-state index in [2.05, 4.69) is 20.9 Å². The Morgan fingerprint density at radius 2 is 1.82 bits per heavy atom. The Morgan fingerprint density at radius 1 is 1.04 bits per heavy atom. The lowest BCUT2D eigenvalue weighted by Gasteiger charge is -2.30. The molecule has 0 spiro atoms. The molecule has 3 aliphatic carbocycles. The smallest absolute Gasteiger partial charge is 0.223 e. The van der Waals surface area contributed by atoms with Gasteiger partial charge in [-0.2, -0.15) is 0 Å². The Morgan fingerprint density at radius 3 is 2.54 bits per heavy atom. The SMILES string of the molecule is CN=C(NC1CCCC(C(=O)NC2CC2)C1)NC1CC1c1ccccc1F.I. The van der Waals surface area contributed by atoms with Gasteiger partial charge in [0.15, 0.2) is 5.96 Å². The van der Waals surface area contributed by atoms with Crippen molar-refractivity contribution in [2.45, 2.75) is 69.0 Å². The summed E-state index contributed by atoms with van der Waals surface area (Å²) in [5, 5.41) is 10.0. The number of nitrogens with one attached hydrogen (secondary N) is 3. The average Bonchev–Trinajstić information content (AvgIpc) is 3.59. The van der Waals surface area contributed by atoms with Gasteiger partial charge in [-0.1, -0.05) is 24.6 Å². The minimum Gasteiger partial charge on any atom is -0.354 e. The predicted molar refractivity (Wildman–Crippen MR) is 120 cm³/mol. The monoisotopic (exact) mass is 500 g/mol. The van der Waals surface area contributed by atoms with Crippen molar-refractivity contribution in [2.24, 2.45) is 10.9 Å². The fraction of sp³-hybridized carbons (Fsp3) is 0.619. The van der Waals surface area contributed by atoms with Crippen molar-refractivity contribution in [3.05, 3.63) is 35.6 Å². The first kappa shape index (κ1) is 21.3. The first-order chi connectivity index (χ1) is 13.1. The number of aliphatic imine (C=N–C) groups is 1. The summed E-state index contributed by atoms with van der Waals surface area (Å²) in [6.45, 7) is 0. The number of benzene rings is 1. The second kappa shape index (κ2) is 9.41. The summed E-state index contributed by atoms with van der Waals surface area (Å²) in [6, 6.07) is 7.88. The Labute approximate surface area is 183 Å². The van der Waals surface area contributed by atoms with E-state index < -0.39 is 0 Å². The van der Waals surface area contributed by atoms with Gasteiger partial charge in [-0.25, -0.2) is 4.39 Å². The molecule has 7 heteroatoms. The molecule has 3 aliphatic rings. The van der Waals surface area contributed by atoms with Crippen LogP contribution < -0.4 is 16.0 Å². The van der Waals surface area contributed by atoms with Crippen molar-refractivity contribution in [3.8, 4) is 0 Å². The number of hydrogen-bond acceptors (Lipinski definition) is 2. The van der Waals surface area contributed by atoms with E-state index in [0.29, 0.717) is 6.04 Å². The van der Waals surface area contributed by atoms with Gasteiger partial charge in [0.2, 0.25) is 5.91 Å². The number of amides is 1. The second-order valence-electron chi connectivity index (χ2n) is 8.17. The summed E-state index contributed by atoms with van der Waals surface area (Å²) >= 11 is 0. The van der Waals surface area contributed by atoms with Crippen LogP contribution in [0.15, 0.2) is 29.3 Å². The molecule has 3 fully saturated rings. The molecule has 0 aromatic heterocycles. The zero-order valence-electron chi connectivity index (χ0n) is 16.3. The number of hydrogen-bond donors (Lipinski definition) is 3. The van der Waals surface area contributed by atoms with Crippen LogP contribution in [0.25, 0.3) is 0 Å². The van der Waals surface area contributed by atoms with Gasteiger partial charge in [0.05, 0.1) is 0 Å². The molecule has 0 aliphatic heterocycles. The Kier molecular flexibility index (Phi) is 7.17. The van der Waals surface area contributed by atoms with Crippen LogP contribution in [0.2, 0.25) is 0 Å². The molecule has 0 radical (unpaired) electrons. The number of carbonyl (C=O) groups is 1. The molecule has 4 rings (SSSR count). The minimum atomic E-state index is -0.133. The largest absolute Gasteiger partial charge is 0.354 e. The van der Waals surface area contributed by atoms with Gasteiger partial charge < -0.3 is 16.0 Å². The fourth-order valence-corrected chi connectivity index (χ4v) is 4.12. The molecule has 1 aromatic carbocycles. The van der Waals surface area contributed by atoms with Crippen molar-refractivity contribution >= 4 is 35.8 Å². The maximum Gasteiger partial charge on any atom is 0.223 e. The summed E-state index contributed by atoms with van der Waals surface area (Å²) in [4.78, 5) is 16.7. The van der Waals surface area contributed by atoms with Gasteiger partial charge >= 0.3 is 0 Å². The summed E-state index contributed by atoms with van der Waals surface area (Å²) in [5.74, 6) is 1.14. The van der Waals surface area contributed by atoms with Crippen molar-refractivity contribution in [2.75, 3.05) is 7.05 Å². The van der Waals surface area contributed by atoms with E-state index >= 15 is 0 Å². The maximum absolute atomic E-state index is 13.9. The molecule has 28 heavy (non-hydrogen) atoms. The molecule has 3 saturated carbocycles. The van der Waals surface area contributed by atoms with Crippen LogP contribution in [-0.4, -0.2) is 37.0 Å². The lowest BCUT2D eigenvalue weighted by molar-refractivity contribution is -0.126. The molecule has 5 nitrogen and oxygen atoms in total. The van der Waals surface area contributed by atoms with Gasteiger partial charge in [-0.05, 0) is 50.2 Å². The van der Waals surface area contributed by atoms with Crippen molar-refractivity contribution in [1.82, 2.24) is 16.0 Å². The van der Waals surface area contributed by atoms with E-state index in [-0.39, 0.29) is 59.6 Å². The lowest BCUT2D eigenvalue weighted by atomic mass is 9.85. The normalized spacial score (nSPS) is 29.4. The van der Waals surface area contributed by atoms with Crippen LogP contribution in [0.1, 0.15) is 56.4 Å². The van der Waals surface area contributed by atoms with E-state index in [1.165, 1.54) is 6.07 Å². The third-order valence-corrected chi connectivity index (χ3v) is 5.95. The summed E-state index contributed by atoms with van der Waals surface area (Å²) in [6.07, 6.45) is 7.09. The number of nitrogens with zero attached hydrogens (tertiary/aromatic N) is 1. The van der Waals surface area contributed by atoms with Crippen LogP contribution in [0.3, 0.4) is 0 Å². The average molecular weight is 500 g/mol. The van der Waals surface area contributed by atoms with E-state index in [4.69, 9.17) is 0 Å². The Bertz CT molecular complexity index is 724. The number of halogens is 2. The van der Waals surface area contributed by atoms with Gasteiger partial charge in [0.25, 0.3) is 0 Å². The van der Waals surface area contributed by atoms with Crippen molar-refractivity contribution in [3.63, 3.8) is 0 Å². The third kappa shape index (κ3) is 5.36. The lowest BCUT2D eigenvalue weighted by Crippen LogP contribution is -2.48. The highest BCUT2D eigenvalue weighted by molar-refractivity contribution is 14.0. The molecular weight excluding hydrogens is 470 g/mol. The fourth-order valence-electron chi connectivity index (χ4n) is 4.12. The second-order valence-corrected chi connectivity index (χ2v) is 8.17. The molecule has 3 N–H and O–H groups in total. The van der Waals surface area contributed by atoms with Crippen molar-refractivity contribution in [1.29, 1.82) is 0 Å². The molecule has 1 amide bonds. The standard InChI is InChI=1S/C21H29FN4O.HI/c1-23-21(26-19-12-17(19)16-7-2-3-8-18(16)22)25-15-6-4-5-13(11-15)20(27)24-14-9-10-14;/h2-3,7-8,13-15,17,19H,4-6,9-12H2,1H3,(H,24,27)(H2,23,25,26);1H. The quantitative estimate of drug-likeness (QED) is 0.330. The summed E-state index contributed by atoms with van der Waals surface area (Å²) in [7, 11) is 1.76. The predicted octanol–water partition coefficient (Wildman–Crippen LogP) is 3.30. The van der Waals surface area contributed by atoms with Gasteiger partial charge in [0.1, 0.15) is 5.82 Å². The van der Waals surface area contributed by atoms with Crippen LogP contribution in [-0.2, 0) is 4.79 Å². The zero-order valence-corrected chi connectivity index (χ0v) is 18.6. The van der Waals surface area contributed by atoms with E-state index in [1.54, 1.807) is 13.1 Å². The molecular formula is C21H30FIN4O. The first-order valence-electron chi connectivity index (χ1n) is 10.2. The highest BCUT2D eigenvalue weighted by Crippen LogP contribution is 2.41.